The minimum atomic E-state index is -1.02. The number of carbonyl (C=O) groups excluding carboxylic acids is 1. The van der Waals surface area contributed by atoms with Crippen LogP contribution in [0.15, 0.2) is 12.4 Å². The first-order chi connectivity index (χ1) is 7.43. The van der Waals surface area contributed by atoms with Gasteiger partial charge in [0.1, 0.15) is 6.04 Å². The van der Waals surface area contributed by atoms with E-state index in [1.165, 1.54) is 0 Å². The zero-order valence-electron chi connectivity index (χ0n) is 9.57. The maximum atomic E-state index is 11.8. The van der Waals surface area contributed by atoms with Crippen LogP contribution in [0.4, 0.5) is 0 Å². The number of carboxylic acids is 1. The highest BCUT2D eigenvalue weighted by atomic mass is 16.4. The number of carboxylic acid groups (broad SMARTS) is 1. The summed E-state index contributed by atoms with van der Waals surface area (Å²) in [4.78, 5) is 25.5. The van der Waals surface area contributed by atoms with E-state index in [0.717, 1.165) is 5.56 Å². The summed E-state index contributed by atoms with van der Waals surface area (Å²) in [5.41, 5.74) is 1.28. The van der Waals surface area contributed by atoms with Crippen molar-refractivity contribution < 1.29 is 14.7 Å². The van der Waals surface area contributed by atoms with E-state index in [4.69, 9.17) is 5.11 Å². The Hall–Kier alpha value is -1.78. The van der Waals surface area contributed by atoms with Crippen LogP contribution < -0.4 is 5.32 Å². The van der Waals surface area contributed by atoms with Crippen LogP contribution in [0, 0.1) is 12.8 Å². The van der Waals surface area contributed by atoms with E-state index in [9.17, 15) is 9.59 Å². The Morgan fingerprint density at radius 1 is 1.38 bits per heavy atom. The summed E-state index contributed by atoms with van der Waals surface area (Å²) >= 11 is 0. The number of aromatic amines is 1. The zero-order valence-corrected chi connectivity index (χ0v) is 9.57. The third-order valence-electron chi connectivity index (χ3n) is 2.42. The highest BCUT2D eigenvalue weighted by Crippen LogP contribution is 2.08. The van der Waals surface area contributed by atoms with Gasteiger partial charge in [0.05, 0.1) is 5.56 Å². The smallest absolute Gasteiger partial charge is 0.326 e. The molecule has 1 heterocycles. The van der Waals surface area contributed by atoms with Crippen molar-refractivity contribution in [2.24, 2.45) is 5.92 Å². The fourth-order valence-corrected chi connectivity index (χ4v) is 1.42. The number of aromatic nitrogens is 1. The fraction of sp³-hybridized carbons (Fsp3) is 0.455. The van der Waals surface area contributed by atoms with Gasteiger partial charge in [-0.2, -0.15) is 0 Å². The Balaban J connectivity index is 2.77. The third kappa shape index (κ3) is 2.62. The molecule has 1 atom stereocenters. The third-order valence-corrected chi connectivity index (χ3v) is 2.42. The van der Waals surface area contributed by atoms with E-state index in [1.54, 1.807) is 33.2 Å². The summed E-state index contributed by atoms with van der Waals surface area (Å²) in [7, 11) is 0. The van der Waals surface area contributed by atoms with Crippen molar-refractivity contribution in [2.45, 2.75) is 26.8 Å². The van der Waals surface area contributed by atoms with Crippen LogP contribution in [-0.2, 0) is 4.79 Å². The van der Waals surface area contributed by atoms with Gasteiger partial charge in [-0.05, 0) is 18.4 Å². The highest BCUT2D eigenvalue weighted by Gasteiger charge is 2.24. The molecule has 1 rings (SSSR count). The molecule has 88 valence electrons. The van der Waals surface area contributed by atoms with Gasteiger partial charge in [-0.3, -0.25) is 4.79 Å². The second kappa shape index (κ2) is 4.83. The predicted octanol–water partition coefficient (Wildman–Crippen LogP) is 1.16. The first-order valence-corrected chi connectivity index (χ1v) is 5.10. The molecule has 0 fully saturated rings. The summed E-state index contributed by atoms with van der Waals surface area (Å²) in [5, 5.41) is 11.4. The first-order valence-electron chi connectivity index (χ1n) is 5.10. The van der Waals surface area contributed by atoms with Crippen LogP contribution in [0.3, 0.4) is 0 Å². The Morgan fingerprint density at radius 2 is 2.00 bits per heavy atom. The quantitative estimate of drug-likeness (QED) is 0.717. The average Bonchev–Trinajstić information content (AvgIpc) is 2.59. The lowest BCUT2D eigenvalue weighted by Gasteiger charge is -2.17. The van der Waals surface area contributed by atoms with Crippen LogP contribution in [0.1, 0.15) is 29.8 Å². The Labute approximate surface area is 93.9 Å². The molecule has 0 aliphatic carbocycles. The predicted molar refractivity (Wildman–Crippen MR) is 59.3 cm³/mol. The van der Waals surface area contributed by atoms with Gasteiger partial charge in [-0.1, -0.05) is 13.8 Å². The molecule has 1 aromatic heterocycles. The van der Waals surface area contributed by atoms with Crippen LogP contribution in [-0.4, -0.2) is 28.0 Å². The summed E-state index contributed by atoms with van der Waals surface area (Å²) < 4.78 is 0. The molecule has 0 saturated carbocycles. The lowest BCUT2D eigenvalue weighted by atomic mass is 10.0. The van der Waals surface area contributed by atoms with Gasteiger partial charge in [0.2, 0.25) is 0 Å². The van der Waals surface area contributed by atoms with Gasteiger partial charge >= 0.3 is 5.97 Å². The van der Waals surface area contributed by atoms with Gasteiger partial charge in [-0.15, -0.1) is 0 Å². The Bertz CT molecular complexity index is 396. The zero-order chi connectivity index (χ0) is 12.3. The van der Waals surface area contributed by atoms with Crippen molar-refractivity contribution in [3.8, 4) is 0 Å². The number of rotatable bonds is 4. The number of amides is 1. The van der Waals surface area contributed by atoms with Crippen molar-refractivity contribution in [1.29, 1.82) is 0 Å². The number of hydrogen-bond acceptors (Lipinski definition) is 2. The van der Waals surface area contributed by atoms with Crippen molar-refractivity contribution in [2.75, 3.05) is 0 Å². The molecule has 0 spiro atoms. The Kier molecular flexibility index (Phi) is 3.71. The summed E-state index contributed by atoms with van der Waals surface area (Å²) in [6.07, 6.45) is 3.25. The van der Waals surface area contributed by atoms with E-state index in [1.807, 2.05) is 0 Å². The molecule has 0 radical (unpaired) electrons. The van der Waals surface area contributed by atoms with Gasteiger partial charge in [0.15, 0.2) is 0 Å². The topological polar surface area (TPSA) is 82.2 Å². The second-order valence-electron chi connectivity index (χ2n) is 4.09. The fourth-order valence-electron chi connectivity index (χ4n) is 1.42. The van der Waals surface area contributed by atoms with Gasteiger partial charge < -0.3 is 15.4 Å². The van der Waals surface area contributed by atoms with Crippen LogP contribution in [0.2, 0.25) is 0 Å². The highest BCUT2D eigenvalue weighted by molar-refractivity contribution is 5.97. The van der Waals surface area contributed by atoms with Gasteiger partial charge in [0, 0.05) is 12.4 Å². The minimum Gasteiger partial charge on any atom is -0.480 e. The van der Waals surface area contributed by atoms with Gasteiger partial charge in [0.25, 0.3) is 5.91 Å². The van der Waals surface area contributed by atoms with Gasteiger partial charge in [-0.25, -0.2) is 4.79 Å². The number of nitrogens with one attached hydrogen (secondary N) is 2. The maximum absolute atomic E-state index is 11.8. The minimum absolute atomic E-state index is 0.152. The number of aryl methyl sites for hydroxylation is 1. The largest absolute Gasteiger partial charge is 0.480 e. The molecule has 1 aromatic rings. The molecule has 3 N–H and O–H groups in total. The first kappa shape index (κ1) is 12.3. The molecule has 16 heavy (non-hydrogen) atoms. The van der Waals surface area contributed by atoms with E-state index < -0.39 is 12.0 Å². The summed E-state index contributed by atoms with van der Waals surface area (Å²) in [6.45, 7) is 5.29. The van der Waals surface area contributed by atoms with Crippen LogP contribution >= 0.6 is 0 Å². The molecule has 0 bridgehead atoms. The van der Waals surface area contributed by atoms with E-state index in [-0.39, 0.29) is 11.8 Å². The maximum Gasteiger partial charge on any atom is 0.326 e. The van der Waals surface area contributed by atoms with Crippen LogP contribution in [0.5, 0.6) is 0 Å². The number of aliphatic carboxylic acids is 1. The molecule has 0 unspecified atom stereocenters. The summed E-state index contributed by atoms with van der Waals surface area (Å²) in [5.74, 6) is -1.53. The van der Waals surface area contributed by atoms with Crippen LogP contribution in [0.25, 0.3) is 0 Å². The van der Waals surface area contributed by atoms with E-state index >= 15 is 0 Å². The normalized spacial score (nSPS) is 12.5. The van der Waals surface area contributed by atoms with Crippen molar-refractivity contribution in [3.05, 3.63) is 23.5 Å². The molecular weight excluding hydrogens is 208 g/mol. The standard InChI is InChI=1S/C11H16N2O3/c1-6(2)9(11(15)16)13-10(14)8-5-12-4-7(8)3/h4-6,9,12H,1-3H3,(H,13,14)(H,15,16)/t9-/m1/s1. The average molecular weight is 224 g/mol. The van der Waals surface area contributed by atoms with Crippen molar-refractivity contribution >= 4 is 11.9 Å². The SMILES string of the molecule is Cc1c[nH]cc1C(=O)N[C@@H](C(=O)O)C(C)C. The molecule has 5 nitrogen and oxygen atoms in total. The molecule has 1 amide bonds. The van der Waals surface area contributed by atoms with E-state index in [2.05, 4.69) is 10.3 Å². The number of carbonyl (C=O) groups is 2. The van der Waals surface area contributed by atoms with E-state index in [0.29, 0.717) is 5.56 Å². The lowest BCUT2D eigenvalue weighted by molar-refractivity contribution is -0.140. The number of hydrogen-bond donors (Lipinski definition) is 3. The second-order valence-corrected chi connectivity index (χ2v) is 4.09. The Morgan fingerprint density at radius 3 is 2.38 bits per heavy atom. The molecule has 5 heteroatoms. The monoisotopic (exact) mass is 224 g/mol. The van der Waals surface area contributed by atoms with Crippen molar-refractivity contribution in [3.63, 3.8) is 0 Å². The molecule has 0 aliphatic rings. The molecule has 0 aliphatic heterocycles. The molecule has 0 aromatic carbocycles. The summed E-state index contributed by atoms with van der Waals surface area (Å²) in [6, 6.07) is -0.859. The molecule has 0 saturated heterocycles. The number of H-pyrrole nitrogens is 1. The van der Waals surface area contributed by atoms with Crippen molar-refractivity contribution in [1.82, 2.24) is 10.3 Å². The molecular formula is C11H16N2O3. The lowest BCUT2D eigenvalue weighted by Crippen LogP contribution is -2.44.